The number of nitrogens with zero attached hydrogens (tertiary/aromatic N) is 7. The molecular formula is C30H31N7O. The highest BCUT2D eigenvalue weighted by Gasteiger charge is 2.44. The molecule has 2 unspecified atom stereocenters. The van der Waals surface area contributed by atoms with E-state index < -0.39 is 0 Å². The number of piperazine rings is 1. The molecule has 2 atom stereocenters. The molecule has 8 rings (SSSR count). The summed E-state index contributed by atoms with van der Waals surface area (Å²) in [6.45, 7) is 2.89. The van der Waals surface area contributed by atoms with Crippen molar-refractivity contribution in [1.29, 1.82) is 5.26 Å². The van der Waals surface area contributed by atoms with Gasteiger partial charge < -0.3 is 9.64 Å². The van der Waals surface area contributed by atoms with Crippen molar-refractivity contribution in [3.05, 3.63) is 71.8 Å². The first kappa shape index (κ1) is 23.2. The van der Waals surface area contributed by atoms with E-state index in [1.54, 1.807) is 13.3 Å². The van der Waals surface area contributed by atoms with Crippen LogP contribution in [0.2, 0.25) is 0 Å². The minimum atomic E-state index is 0.532. The molecule has 0 radical (unpaired) electrons. The molecule has 4 fully saturated rings. The Balaban J connectivity index is 1.10. The normalized spacial score (nSPS) is 21.4. The van der Waals surface area contributed by atoms with E-state index in [0.29, 0.717) is 29.4 Å². The van der Waals surface area contributed by atoms with Gasteiger partial charge in [-0.2, -0.15) is 10.4 Å². The molecular weight excluding hydrogens is 474 g/mol. The summed E-state index contributed by atoms with van der Waals surface area (Å²) < 4.78 is 7.08. The number of aromatic nitrogens is 4. The molecule has 4 aromatic heterocycles. The molecule has 3 saturated heterocycles. The third kappa shape index (κ3) is 3.98. The van der Waals surface area contributed by atoms with Crippen molar-refractivity contribution >= 4 is 11.3 Å². The van der Waals surface area contributed by atoms with E-state index in [2.05, 4.69) is 56.4 Å². The molecule has 8 nitrogen and oxygen atoms in total. The molecule has 4 aromatic rings. The summed E-state index contributed by atoms with van der Waals surface area (Å²) in [5.41, 5.74) is 6.08. The fraction of sp³-hybridized carbons (Fsp3) is 0.400. The van der Waals surface area contributed by atoms with E-state index in [9.17, 15) is 5.26 Å². The van der Waals surface area contributed by atoms with Gasteiger partial charge in [0.05, 0.1) is 24.4 Å². The number of pyridine rings is 3. The third-order valence-corrected chi connectivity index (χ3v) is 8.68. The van der Waals surface area contributed by atoms with Gasteiger partial charge in [0, 0.05) is 67.5 Å². The van der Waals surface area contributed by atoms with Gasteiger partial charge in [0.25, 0.3) is 0 Å². The number of methoxy groups -OCH3 is 1. The highest BCUT2D eigenvalue weighted by atomic mass is 16.5. The maximum absolute atomic E-state index is 9.72. The molecule has 7 heterocycles. The molecule has 0 amide bonds. The van der Waals surface area contributed by atoms with E-state index in [4.69, 9.17) is 9.72 Å². The molecule has 1 aliphatic carbocycles. The van der Waals surface area contributed by atoms with E-state index in [-0.39, 0.29) is 0 Å². The summed E-state index contributed by atoms with van der Waals surface area (Å²) in [6, 6.07) is 14.0. The smallest absolute Gasteiger partial charge is 0.212 e. The Labute approximate surface area is 222 Å². The average Bonchev–Trinajstić information content (AvgIpc) is 3.66. The van der Waals surface area contributed by atoms with Crippen LogP contribution >= 0.6 is 0 Å². The van der Waals surface area contributed by atoms with Crippen LogP contribution in [0.15, 0.2) is 55.1 Å². The van der Waals surface area contributed by atoms with Crippen LogP contribution in [0, 0.1) is 11.3 Å². The first-order valence-electron chi connectivity index (χ1n) is 13.6. The Bertz CT molecular complexity index is 1490. The monoisotopic (exact) mass is 505 g/mol. The minimum absolute atomic E-state index is 0.532. The summed E-state index contributed by atoms with van der Waals surface area (Å²) in [5, 5.41) is 14.2. The van der Waals surface area contributed by atoms with Gasteiger partial charge in [0.15, 0.2) is 0 Å². The van der Waals surface area contributed by atoms with Crippen LogP contribution < -0.4 is 9.64 Å². The molecule has 3 aliphatic heterocycles. The van der Waals surface area contributed by atoms with Gasteiger partial charge in [-0.15, -0.1) is 0 Å². The SMILES string of the molecule is COc1ccc(CN2C3CC2CN(c2ccc(-c4cc(C5CCCC5)cn5ncc(C#N)c45)cn2)C3)cn1. The summed E-state index contributed by atoms with van der Waals surface area (Å²) in [4.78, 5) is 14.3. The number of anilines is 1. The topological polar surface area (TPSA) is 82.6 Å². The minimum Gasteiger partial charge on any atom is -0.481 e. The second-order valence-corrected chi connectivity index (χ2v) is 10.9. The molecule has 38 heavy (non-hydrogen) atoms. The van der Waals surface area contributed by atoms with Crippen LogP contribution in [0.4, 0.5) is 5.82 Å². The molecule has 0 N–H and O–H groups in total. The van der Waals surface area contributed by atoms with Crippen molar-refractivity contribution in [3.8, 4) is 23.1 Å². The quantitative estimate of drug-likeness (QED) is 0.373. The lowest BCUT2D eigenvalue weighted by Crippen LogP contribution is -2.68. The molecule has 4 aliphatic rings. The summed E-state index contributed by atoms with van der Waals surface area (Å²) in [5.74, 6) is 2.24. The lowest BCUT2D eigenvalue weighted by Gasteiger charge is -2.56. The largest absolute Gasteiger partial charge is 0.481 e. The third-order valence-electron chi connectivity index (χ3n) is 8.68. The van der Waals surface area contributed by atoms with Gasteiger partial charge >= 0.3 is 0 Å². The lowest BCUT2D eigenvalue weighted by molar-refractivity contribution is -0.00876. The number of ether oxygens (including phenoxy) is 1. The Hall–Kier alpha value is -3.96. The highest BCUT2D eigenvalue weighted by molar-refractivity contribution is 5.84. The van der Waals surface area contributed by atoms with Crippen LogP contribution in [0.25, 0.3) is 16.6 Å². The molecule has 192 valence electrons. The molecule has 0 aromatic carbocycles. The number of hydrogen-bond donors (Lipinski definition) is 0. The van der Waals surface area contributed by atoms with Crippen LogP contribution in [0.5, 0.6) is 5.88 Å². The molecule has 8 heteroatoms. The maximum atomic E-state index is 9.72. The molecule has 0 spiro atoms. The van der Waals surface area contributed by atoms with Gasteiger partial charge in [-0.05, 0) is 54.5 Å². The predicted octanol–water partition coefficient (Wildman–Crippen LogP) is 4.79. The average molecular weight is 506 g/mol. The fourth-order valence-electron chi connectivity index (χ4n) is 6.63. The molecule has 2 bridgehead atoms. The van der Waals surface area contributed by atoms with Crippen LogP contribution in [-0.2, 0) is 6.54 Å². The number of piperidine rings is 1. The van der Waals surface area contributed by atoms with Crippen molar-refractivity contribution in [3.63, 3.8) is 0 Å². The van der Waals surface area contributed by atoms with Gasteiger partial charge in [0.2, 0.25) is 5.88 Å². The van der Waals surface area contributed by atoms with Crippen LogP contribution in [-0.4, -0.2) is 56.8 Å². The Morgan fingerprint density at radius 3 is 2.55 bits per heavy atom. The van der Waals surface area contributed by atoms with Gasteiger partial charge in [-0.1, -0.05) is 18.9 Å². The second-order valence-electron chi connectivity index (χ2n) is 10.9. The zero-order chi connectivity index (χ0) is 25.6. The fourth-order valence-corrected chi connectivity index (χ4v) is 6.63. The van der Waals surface area contributed by atoms with E-state index in [1.807, 2.05) is 23.0 Å². The zero-order valence-corrected chi connectivity index (χ0v) is 21.6. The van der Waals surface area contributed by atoms with Crippen molar-refractivity contribution in [2.24, 2.45) is 0 Å². The summed E-state index contributed by atoms with van der Waals surface area (Å²) >= 11 is 0. The summed E-state index contributed by atoms with van der Waals surface area (Å²) in [6.07, 6.45) is 13.9. The van der Waals surface area contributed by atoms with E-state index >= 15 is 0 Å². The first-order valence-corrected chi connectivity index (χ1v) is 13.6. The van der Waals surface area contributed by atoms with Gasteiger partial charge in [-0.25, -0.2) is 14.5 Å². The van der Waals surface area contributed by atoms with Crippen LogP contribution in [0.3, 0.4) is 0 Å². The van der Waals surface area contributed by atoms with E-state index in [1.165, 1.54) is 43.2 Å². The van der Waals surface area contributed by atoms with Crippen molar-refractivity contribution in [1.82, 2.24) is 24.5 Å². The van der Waals surface area contributed by atoms with Gasteiger partial charge in [-0.3, -0.25) is 4.90 Å². The van der Waals surface area contributed by atoms with Gasteiger partial charge in [0.1, 0.15) is 11.9 Å². The standard InChI is InChI=1S/C30H31N7O/c1-38-29-9-6-20(13-33-29)16-36-25-11-26(36)19-35(18-25)28-8-7-22(14-32-28)27-10-23(21-4-2-3-5-21)17-37-30(27)24(12-31)15-34-37/h6-10,13-15,17,21,25-26H,2-5,11,16,18-19H2,1H3. The number of fused-ring (bicyclic) bond motifs is 3. The highest BCUT2D eigenvalue weighted by Crippen LogP contribution is 2.39. The number of hydrogen-bond acceptors (Lipinski definition) is 7. The Kier molecular flexibility index (Phi) is 5.74. The molecule has 1 saturated carbocycles. The predicted molar refractivity (Wildman–Crippen MR) is 145 cm³/mol. The number of nitriles is 1. The van der Waals surface area contributed by atoms with Crippen molar-refractivity contribution in [2.75, 3.05) is 25.1 Å². The Morgan fingerprint density at radius 1 is 1.03 bits per heavy atom. The second kappa shape index (κ2) is 9.41. The number of rotatable bonds is 6. The van der Waals surface area contributed by atoms with Crippen LogP contribution in [0.1, 0.15) is 54.7 Å². The first-order chi connectivity index (χ1) is 18.7. The van der Waals surface area contributed by atoms with Crippen molar-refractivity contribution in [2.45, 2.75) is 56.7 Å². The lowest BCUT2D eigenvalue weighted by atomic mass is 9.87. The van der Waals surface area contributed by atoms with Crippen molar-refractivity contribution < 1.29 is 4.74 Å². The Morgan fingerprint density at radius 2 is 1.87 bits per heavy atom. The zero-order valence-electron chi connectivity index (χ0n) is 21.6. The summed E-state index contributed by atoms with van der Waals surface area (Å²) in [7, 11) is 1.65. The van der Waals surface area contributed by atoms with E-state index in [0.717, 1.165) is 42.1 Å². The maximum Gasteiger partial charge on any atom is 0.212 e.